The number of ether oxygens (including phenoxy) is 1. The minimum absolute atomic E-state index is 0.0203. The first-order chi connectivity index (χ1) is 8.01. The lowest BCUT2D eigenvalue weighted by Crippen LogP contribution is -2.08. The first-order valence-corrected chi connectivity index (χ1v) is 4.60. The summed E-state index contributed by atoms with van der Waals surface area (Å²) in [6, 6.07) is 2.43. The predicted octanol–water partition coefficient (Wildman–Crippen LogP) is 1.77. The van der Waals surface area contributed by atoms with E-state index < -0.39 is 29.4 Å². The van der Waals surface area contributed by atoms with E-state index in [0.717, 1.165) is 6.07 Å². The monoisotopic (exact) mass is 242 g/mol. The van der Waals surface area contributed by atoms with Crippen LogP contribution in [-0.4, -0.2) is 22.7 Å². The number of hydrogen-bond acceptors (Lipinski definition) is 5. The van der Waals surface area contributed by atoms with Crippen molar-refractivity contribution < 1.29 is 23.4 Å². The maximum atomic E-state index is 12.5. The van der Waals surface area contributed by atoms with Crippen LogP contribution in [0.3, 0.4) is 0 Å². The topological polar surface area (TPSA) is 83.2 Å². The molecule has 0 atom stereocenters. The molecule has 0 aliphatic heterocycles. The van der Waals surface area contributed by atoms with Gasteiger partial charge in [0.15, 0.2) is 11.4 Å². The van der Waals surface area contributed by atoms with Crippen LogP contribution in [0.1, 0.15) is 35.1 Å². The van der Waals surface area contributed by atoms with Gasteiger partial charge in [-0.1, -0.05) is 0 Å². The molecule has 0 fully saturated rings. The summed E-state index contributed by atoms with van der Waals surface area (Å²) in [6.07, 6.45) is -3.09. The summed E-state index contributed by atoms with van der Waals surface area (Å²) in [5, 5.41) is 18.0. The Kier molecular flexibility index (Phi) is 3.93. The molecule has 17 heavy (non-hydrogen) atoms. The molecule has 0 spiro atoms. The zero-order chi connectivity index (χ0) is 13.0. The molecule has 1 aromatic rings. The quantitative estimate of drug-likeness (QED) is 0.816. The van der Waals surface area contributed by atoms with E-state index in [0.29, 0.717) is 0 Å². The van der Waals surface area contributed by atoms with E-state index in [9.17, 15) is 18.7 Å². The molecule has 0 aliphatic carbocycles. The van der Waals surface area contributed by atoms with Gasteiger partial charge in [-0.05, 0) is 13.0 Å². The average molecular weight is 242 g/mol. The van der Waals surface area contributed by atoms with Gasteiger partial charge in [-0.25, -0.2) is 18.6 Å². The van der Waals surface area contributed by atoms with Gasteiger partial charge in [-0.3, -0.25) is 0 Å². The zero-order valence-electron chi connectivity index (χ0n) is 8.78. The number of aromatic hydroxyl groups is 1. The Hall–Kier alpha value is -2.23. The minimum Gasteiger partial charge on any atom is -0.505 e. The van der Waals surface area contributed by atoms with Crippen molar-refractivity contribution in [2.24, 2.45) is 0 Å². The van der Waals surface area contributed by atoms with Gasteiger partial charge in [0.25, 0.3) is 6.43 Å². The van der Waals surface area contributed by atoms with Crippen molar-refractivity contribution in [2.45, 2.75) is 13.3 Å². The third-order valence-electron chi connectivity index (χ3n) is 1.84. The number of halogens is 2. The van der Waals surface area contributed by atoms with E-state index in [4.69, 9.17) is 5.26 Å². The van der Waals surface area contributed by atoms with Gasteiger partial charge in [0.05, 0.1) is 6.61 Å². The number of aromatic nitrogens is 1. The Morgan fingerprint density at radius 3 is 2.82 bits per heavy atom. The Labute approximate surface area is 95.3 Å². The maximum Gasteiger partial charge on any atom is 0.342 e. The fraction of sp³-hybridized carbons (Fsp3) is 0.300. The number of hydrogen-bond donors (Lipinski definition) is 1. The van der Waals surface area contributed by atoms with E-state index in [1.54, 1.807) is 0 Å². The SMILES string of the molecule is CCOC(=O)c1cc(C#N)nc(C(F)F)c1O. The largest absolute Gasteiger partial charge is 0.505 e. The van der Waals surface area contributed by atoms with Crippen molar-refractivity contribution in [3.05, 3.63) is 23.0 Å². The highest BCUT2D eigenvalue weighted by atomic mass is 19.3. The summed E-state index contributed by atoms with van der Waals surface area (Å²) < 4.78 is 29.5. The molecule has 0 saturated heterocycles. The summed E-state index contributed by atoms with van der Waals surface area (Å²) in [4.78, 5) is 14.6. The molecule has 0 radical (unpaired) electrons. The number of alkyl halides is 2. The molecule has 1 aromatic heterocycles. The molecule has 1 N–H and O–H groups in total. The number of rotatable bonds is 3. The van der Waals surface area contributed by atoms with Gasteiger partial charge in [0, 0.05) is 0 Å². The van der Waals surface area contributed by atoms with Crippen LogP contribution in [0.2, 0.25) is 0 Å². The minimum atomic E-state index is -3.09. The molecule has 0 bridgehead atoms. The van der Waals surface area contributed by atoms with Crippen LogP contribution >= 0.6 is 0 Å². The fourth-order valence-corrected chi connectivity index (χ4v) is 1.13. The normalized spacial score (nSPS) is 10.1. The van der Waals surface area contributed by atoms with Crippen LogP contribution in [-0.2, 0) is 4.74 Å². The second kappa shape index (κ2) is 5.21. The van der Waals surface area contributed by atoms with Crippen LogP contribution in [0.15, 0.2) is 6.07 Å². The van der Waals surface area contributed by atoms with E-state index in [2.05, 4.69) is 9.72 Å². The highest BCUT2D eigenvalue weighted by Crippen LogP contribution is 2.30. The van der Waals surface area contributed by atoms with E-state index >= 15 is 0 Å². The highest BCUT2D eigenvalue weighted by molar-refractivity contribution is 5.93. The molecule has 7 heteroatoms. The molecule has 0 saturated carbocycles. The smallest absolute Gasteiger partial charge is 0.342 e. The van der Waals surface area contributed by atoms with Gasteiger partial charge in [-0.15, -0.1) is 0 Å². The first kappa shape index (κ1) is 12.8. The lowest BCUT2D eigenvalue weighted by Gasteiger charge is -2.08. The highest BCUT2D eigenvalue weighted by Gasteiger charge is 2.23. The molecule has 0 unspecified atom stereocenters. The summed E-state index contributed by atoms with van der Waals surface area (Å²) in [5.74, 6) is -1.94. The number of pyridine rings is 1. The molecule has 0 amide bonds. The molecule has 1 heterocycles. The molecule has 5 nitrogen and oxygen atoms in total. The van der Waals surface area contributed by atoms with Gasteiger partial charge in [0.2, 0.25) is 0 Å². The number of carbonyl (C=O) groups excluding carboxylic acids is 1. The fourth-order valence-electron chi connectivity index (χ4n) is 1.13. The second-order valence-electron chi connectivity index (χ2n) is 2.92. The molecule has 1 rings (SSSR count). The van der Waals surface area contributed by atoms with Crippen LogP contribution < -0.4 is 0 Å². The number of nitrogens with zero attached hydrogens (tertiary/aromatic N) is 2. The predicted molar refractivity (Wildman–Crippen MR) is 51.5 cm³/mol. The average Bonchev–Trinajstić information content (AvgIpc) is 2.29. The van der Waals surface area contributed by atoms with Gasteiger partial charge >= 0.3 is 5.97 Å². The van der Waals surface area contributed by atoms with Gasteiger partial charge < -0.3 is 9.84 Å². The van der Waals surface area contributed by atoms with Gasteiger partial charge in [0.1, 0.15) is 17.3 Å². The summed E-state index contributed by atoms with van der Waals surface area (Å²) in [7, 11) is 0. The Morgan fingerprint density at radius 1 is 1.71 bits per heavy atom. The van der Waals surface area contributed by atoms with E-state index in [-0.39, 0.29) is 12.3 Å². The number of nitriles is 1. The maximum absolute atomic E-state index is 12.5. The standard InChI is InChI=1S/C10H8F2N2O3/c1-2-17-10(16)6-3-5(4-13)14-7(8(6)15)9(11)12/h3,9,15H,2H2,1H3. The lowest BCUT2D eigenvalue weighted by molar-refractivity contribution is 0.0521. The van der Waals surface area contributed by atoms with Crippen LogP contribution in [0, 0.1) is 11.3 Å². The number of esters is 1. The molecule has 90 valence electrons. The molecule has 0 aromatic carbocycles. The Bertz CT molecular complexity index is 483. The van der Waals surface area contributed by atoms with E-state index in [1.165, 1.54) is 13.0 Å². The summed E-state index contributed by atoms with van der Waals surface area (Å²) >= 11 is 0. The van der Waals surface area contributed by atoms with Crippen LogP contribution in [0.4, 0.5) is 8.78 Å². The van der Waals surface area contributed by atoms with Crippen LogP contribution in [0.5, 0.6) is 5.75 Å². The lowest BCUT2D eigenvalue weighted by atomic mass is 10.1. The summed E-state index contributed by atoms with van der Waals surface area (Å²) in [6.45, 7) is 1.54. The third-order valence-corrected chi connectivity index (χ3v) is 1.84. The van der Waals surface area contributed by atoms with Crippen molar-refractivity contribution in [2.75, 3.05) is 6.61 Å². The third kappa shape index (κ3) is 2.66. The Balaban J connectivity index is 3.35. The molecular weight excluding hydrogens is 234 g/mol. The van der Waals surface area contributed by atoms with Crippen molar-refractivity contribution in [3.63, 3.8) is 0 Å². The molecular formula is C10H8F2N2O3. The van der Waals surface area contributed by atoms with Crippen molar-refractivity contribution in [1.82, 2.24) is 4.98 Å². The molecule has 0 aliphatic rings. The Morgan fingerprint density at radius 2 is 2.35 bits per heavy atom. The van der Waals surface area contributed by atoms with Crippen molar-refractivity contribution >= 4 is 5.97 Å². The van der Waals surface area contributed by atoms with E-state index in [1.807, 2.05) is 0 Å². The second-order valence-corrected chi connectivity index (χ2v) is 2.92. The first-order valence-electron chi connectivity index (χ1n) is 4.60. The van der Waals surface area contributed by atoms with Crippen LogP contribution in [0.25, 0.3) is 0 Å². The number of carbonyl (C=O) groups is 1. The van der Waals surface area contributed by atoms with Gasteiger partial charge in [-0.2, -0.15) is 5.26 Å². The summed E-state index contributed by atoms with van der Waals surface area (Å²) in [5.41, 5.74) is -1.89. The van der Waals surface area contributed by atoms with Crippen molar-refractivity contribution in [3.8, 4) is 11.8 Å². The zero-order valence-corrected chi connectivity index (χ0v) is 8.78. The van der Waals surface area contributed by atoms with Crippen molar-refractivity contribution in [1.29, 1.82) is 5.26 Å².